The van der Waals surface area contributed by atoms with Crippen molar-refractivity contribution in [1.82, 2.24) is 19.9 Å². The quantitative estimate of drug-likeness (QED) is 0.610. The van der Waals surface area contributed by atoms with E-state index in [9.17, 15) is 9.18 Å². The summed E-state index contributed by atoms with van der Waals surface area (Å²) in [5.74, 6) is 0.0935. The molecule has 140 valence electrons. The Morgan fingerprint density at radius 3 is 3.00 bits per heavy atom. The number of benzene rings is 1. The summed E-state index contributed by atoms with van der Waals surface area (Å²) in [6.07, 6.45) is 1.43. The summed E-state index contributed by atoms with van der Waals surface area (Å²) in [5.41, 5.74) is 2.89. The molecule has 1 aliphatic heterocycles. The lowest BCUT2D eigenvalue weighted by Crippen LogP contribution is -2.38. The van der Waals surface area contributed by atoms with Crippen LogP contribution in [0, 0.1) is 5.82 Å². The van der Waals surface area contributed by atoms with E-state index in [1.54, 1.807) is 19.2 Å². The lowest BCUT2D eigenvalue weighted by molar-refractivity contribution is 0.104. The first kappa shape index (κ1) is 17.2. The van der Waals surface area contributed by atoms with Crippen molar-refractivity contribution in [2.75, 3.05) is 24.3 Å². The number of hydrogen-bond acceptors (Lipinski definition) is 6. The van der Waals surface area contributed by atoms with Crippen molar-refractivity contribution in [2.45, 2.75) is 19.6 Å². The van der Waals surface area contributed by atoms with Gasteiger partial charge in [0.25, 0.3) is 0 Å². The molecular formula is C18H19FN6O2. The number of pyridine rings is 1. The number of rotatable bonds is 1. The fraction of sp³-hybridized carbons (Fsp3) is 0.278. The number of imidazole rings is 1. The molecule has 0 fully saturated rings. The predicted octanol–water partition coefficient (Wildman–Crippen LogP) is 2.83. The molecular weight excluding hydrogens is 351 g/mol. The highest BCUT2D eigenvalue weighted by Crippen LogP contribution is 2.27. The summed E-state index contributed by atoms with van der Waals surface area (Å²) in [6.45, 7) is 2.36. The van der Waals surface area contributed by atoms with Gasteiger partial charge >= 0.3 is 6.03 Å². The highest BCUT2D eigenvalue weighted by Gasteiger charge is 2.18. The van der Waals surface area contributed by atoms with Gasteiger partial charge in [0.1, 0.15) is 23.5 Å². The summed E-state index contributed by atoms with van der Waals surface area (Å²) in [7, 11) is 1.76. The highest BCUT2D eigenvalue weighted by molar-refractivity contribution is 5.94. The molecule has 4 bridgehead atoms. The second kappa shape index (κ2) is 6.84. The van der Waals surface area contributed by atoms with Crippen molar-refractivity contribution in [3.63, 3.8) is 0 Å². The SMILES string of the molecule is CNc1cc2nc3c1ncn3C(=O)N[C@H](C)COCc1cc(F)cc(c1)N2. The fourth-order valence-corrected chi connectivity index (χ4v) is 3.02. The largest absolute Gasteiger partial charge is 0.386 e. The van der Waals surface area contributed by atoms with Crippen LogP contribution in [0.4, 0.5) is 26.4 Å². The Balaban J connectivity index is 1.87. The molecule has 8 nitrogen and oxygen atoms in total. The van der Waals surface area contributed by atoms with Gasteiger partial charge in [-0.15, -0.1) is 0 Å². The fourth-order valence-electron chi connectivity index (χ4n) is 3.02. The number of ether oxygens (including phenoxy) is 1. The summed E-state index contributed by atoms with van der Waals surface area (Å²) in [5, 5.41) is 8.99. The zero-order valence-electron chi connectivity index (χ0n) is 14.9. The third-order valence-corrected chi connectivity index (χ3v) is 4.23. The van der Waals surface area contributed by atoms with Crippen LogP contribution in [0.3, 0.4) is 0 Å². The van der Waals surface area contributed by atoms with Crippen molar-refractivity contribution >= 4 is 34.4 Å². The molecule has 1 aliphatic rings. The van der Waals surface area contributed by atoms with Gasteiger partial charge in [-0.1, -0.05) is 0 Å². The molecule has 9 heteroatoms. The first-order chi connectivity index (χ1) is 13.0. The number of halogens is 1. The Hall–Kier alpha value is -3.20. The molecule has 1 atom stereocenters. The number of aromatic nitrogens is 3. The van der Waals surface area contributed by atoms with Gasteiger partial charge in [-0.25, -0.2) is 23.7 Å². The van der Waals surface area contributed by atoms with Crippen LogP contribution in [0.2, 0.25) is 0 Å². The zero-order valence-corrected chi connectivity index (χ0v) is 14.9. The van der Waals surface area contributed by atoms with E-state index in [0.29, 0.717) is 33.9 Å². The maximum absolute atomic E-state index is 14.0. The molecule has 2 aromatic heterocycles. The number of amides is 1. The van der Waals surface area contributed by atoms with Crippen LogP contribution in [0.15, 0.2) is 30.6 Å². The van der Waals surface area contributed by atoms with Crippen LogP contribution in [0.5, 0.6) is 0 Å². The minimum atomic E-state index is -0.369. The lowest BCUT2D eigenvalue weighted by Gasteiger charge is -2.16. The summed E-state index contributed by atoms with van der Waals surface area (Å²) >= 11 is 0. The summed E-state index contributed by atoms with van der Waals surface area (Å²) in [4.78, 5) is 21.4. The van der Waals surface area contributed by atoms with Gasteiger partial charge in [0.2, 0.25) is 0 Å². The monoisotopic (exact) mass is 370 g/mol. The number of nitrogens with one attached hydrogen (secondary N) is 3. The zero-order chi connectivity index (χ0) is 19.0. The second-order valence-corrected chi connectivity index (χ2v) is 6.43. The predicted molar refractivity (Wildman–Crippen MR) is 99.8 cm³/mol. The number of carbonyl (C=O) groups is 1. The topological polar surface area (TPSA) is 93.1 Å². The number of hydrogen-bond donors (Lipinski definition) is 3. The number of anilines is 3. The van der Waals surface area contributed by atoms with E-state index in [0.717, 1.165) is 0 Å². The molecule has 3 N–H and O–H groups in total. The molecule has 3 aromatic rings. The Morgan fingerprint density at radius 2 is 2.19 bits per heavy atom. The van der Waals surface area contributed by atoms with Crippen LogP contribution in [0.25, 0.3) is 11.2 Å². The van der Waals surface area contributed by atoms with Crippen LogP contribution in [0.1, 0.15) is 12.5 Å². The molecule has 0 aliphatic carbocycles. The molecule has 0 spiro atoms. The average Bonchev–Trinajstić information content (AvgIpc) is 3.04. The Kier molecular flexibility index (Phi) is 4.36. The Labute approximate surface area is 154 Å². The van der Waals surface area contributed by atoms with E-state index in [1.165, 1.54) is 23.0 Å². The van der Waals surface area contributed by atoms with Crippen molar-refractivity contribution in [3.8, 4) is 0 Å². The van der Waals surface area contributed by atoms with Gasteiger partial charge in [0, 0.05) is 18.8 Å². The second-order valence-electron chi connectivity index (χ2n) is 6.43. The third kappa shape index (κ3) is 3.41. The van der Waals surface area contributed by atoms with E-state index in [-0.39, 0.29) is 31.1 Å². The number of fused-ring (bicyclic) bond motifs is 3. The lowest BCUT2D eigenvalue weighted by atomic mass is 10.2. The van der Waals surface area contributed by atoms with E-state index >= 15 is 0 Å². The van der Waals surface area contributed by atoms with Crippen molar-refractivity contribution in [1.29, 1.82) is 0 Å². The van der Waals surface area contributed by atoms with Crippen LogP contribution >= 0.6 is 0 Å². The van der Waals surface area contributed by atoms with E-state index < -0.39 is 0 Å². The van der Waals surface area contributed by atoms with Gasteiger partial charge in [-0.05, 0) is 30.7 Å². The van der Waals surface area contributed by atoms with Crippen LogP contribution < -0.4 is 16.0 Å². The van der Waals surface area contributed by atoms with Gasteiger partial charge < -0.3 is 20.7 Å². The van der Waals surface area contributed by atoms with Crippen molar-refractivity contribution in [2.24, 2.45) is 0 Å². The summed E-state index contributed by atoms with van der Waals surface area (Å²) in [6, 6.07) is 5.78. The van der Waals surface area contributed by atoms with Crippen molar-refractivity contribution < 1.29 is 13.9 Å². The molecule has 1 amide bonds. The standard InChI is InChI=1S/C18H19FN6O2/c1-10-7-27-8-11-3-12(19)5-13(4-11)23-15-6-14(20-2)16-17(24-15)25(9-21-16)18(26)22-10/h3-6,9-10H,7-8H2,1-2H3,(H,22,26)(H2,20,23,24)/t10-/m1/s1. The van der Waals surface area contributed by atoms with E-state index in [4.69, 9.17) is 4.74 Å². The third-order valence-electron chi connectivity index (χ3n) is 4.23. The maximum Gasteiger partial charge on any atom is 0.328 e. The Bertz CT molecular complexity index is 1020. The number of nitrogens with zero attached hydrogens (tertiary/aromatic N) is 3. The minimum absolute atomic E-state index is 0.233. The molecule has 4 rings (SSSR count). The first-order valence-corrected chi connectivity index (χ1v) is 8.54. The van der Waals surface area contributed by atoms with Crippen molar-refractivity contribution in [3.05, 3.63) is 42.0 Å². The van der Waals surface area contributed by atoms with Gasteiger partial charge in [-0.2, -0.15) is 0 Å². The molecule has 3 heterocycles. The summed E-state index contributed by atoms with van der Waals surface area (Å²) < 4.78 is 21.0. The first-order valence-electron chi connectivity index (χ1n) is 8.54. The highest BCUT2D eigenvalue weighted by atomic mass is 19.1. The molecule has 0 unspecified atom stereocenters. The minimum Gasteiger partial charge on any atom is -0.386 e. The number of carbonyl (C=O) groups excluding carboxylic acids is 1. The molecule has 0 saturated carbocycles. The normalized spacial score (nSPS) is 17.3. The Morgan fingerprint density at radius 1 is 1.33 bits per heavy atom. The van der Waals surface area contributed by atoms with Gasteiger partial charge in [0.15, 0.2) is 5.65 Å². The molecule has 0 radical (unpaired) electrons. The average molecular weight is 370 g/mol. The van der Waals surface area contributed by atoms with E-state index in [1.807, 2.05) is 6.92 Å². The van der Waals surface area contributed by atoms with Crippen LogP contribution in [-0.2, 0) is 11.3 Å². The smallest absolute Gasteiger partial charge is 0.328 e. The molecule has 0 saturated heterocycles. The van der Waals surface area contributed by atoms with E-state index in [2.05, 4.69) is 25.9 Å². The maximum atomic E-state index is 14.0. The van der Waals surface area contributed by atoms with Crippen LogP contribution in [-0.4, -0.2) is 40.3 Å². The molecule has 1 aromatic carbocycles. The van der Waals surface area contributed by atoms with Gasteiger partial charge in [0.05, 0.1) is 24.9 Å². The van der Waals surface area contributed by atoms with Gasteiger partial charge in [-0.3, -0.25) is 0 Å². The molecule has 27 heavy (non-hydrogen) atoms.